The van der Waals surface area contributed by atoms with Gasteiger partial charge in [0.05, 0.1) is 0 Å². The number of hydrogen-bond acceptors (Lipinski definition) is 2. The van der Waals surface area contributed by atoms with Crippen LogP contribution in [0.25, 0.3) is 0 Å². The number of likely N-dealkylation sites (tertiary alicyclic amines) is 1. The Balaban J connectivity index is 1.23. The molecule has 2 amide bonds. The van der Waals surface area contributed by atoms with Gasteiger partial charge in [0.25, 0.3) is 0 Å². The van der Waals surface area contributed by atoms with Crippen molar-refractivity contribution in [3.8, 4) is 0 Å². The number of hydrogen-bond donors (Lipinski definition) is 3. The Morgan fingerprint density at radius 2 is 1.85 bits per heavy atom. The normalized spacial score (nSPS) is 23.2. The summed E-state index contributed by atoms with van der Waals surface area (Å²) in [5.74, 6) is 1.51. The molecule has 152 valence electrons. The number of nitrogens with one attached hydrogen (secondary N) is 3. The summed E-state index contributed by atoms with van der Waals surface area (Å²) in [7, 11) is 0. The lowest BCUT2D eigenvalue weighted by molar-refractivity contribution is 0.186. The third kappa shape index (κ3) is 6.66. The molecular weight excluding hydrogens is 356 g/mol. The average Bonchev–Trinajstić information content (AvgIpc) is 2.72. The third-order valence-electron chi connectivity index (χ3n) is 6.29. The first-order valence-corrected chi connectivity index (χ1v) is 11.4. The molecule has 1 unspecified atom stereocenters. The number of nitrogens with zero attached hydrogens (tertiary/aromatic N) is 1. The number of carbonyl (C=O) groups excluding carboxylic acids is 1. The molecule has 3 rings (SSSR count). The Labute approximate surface area is 169 Å². The van der Waals surface area contributed by atoms with Gasteiger partial charge in [0.1, 0.15) is 0 Å². The Morgan fingerprint density at radius 3 is 2.70 bits per heavy atom. The highest BCUT2D eigenvalue weighted by molar-refractivity contribution is 7.80. The maximum atomic E-state index is 12.4. The van der Waals surface area contributed by atoms with Gasteiger partial charge < -0.3 is 20.9 Å². The van der Waals surface area contributed by atoms with Gasteiger partial charge in [0, 0.05) is 32.7 Å². The molecule has 2 fully saturated rings. The van der Waals surface area contributed by atoms with Crippen LogP contribution in [0.5, 0.6) is 0 Å². The fraction of sp³-hybridized carbons (Fsp3) is 0.810. The minimum atomic E-state index is 0.0814. The van der Waals surface area contributed by atoms with Crippen LogP contribution in [0.1, 0.15) is 64.2 Å². The van der Waals surface area contributed by atoms with Crippen LogP contribution in [0.4, 0.5) is 4.79 Å². The lowest BCUT2D eigenvalue weighted by Crippen LogP contribution is -2.46. The van der Waals surface area contributed by atoms with Crippen LogP contribution in [0.2, 0.25) is 0 Å². The molecule has 6 heteroatoms. The standard InChI is InChI=1S/C21H36N4OS/c26-21(25-14-11-18-9-4-5-10-19(18)16-25)23-13-6-12-22-20(27)24-15-17-7-2-1-3-8-17/h10,17-18H,1-9,11-16H2,(H,23,26)(H2,22,24,27). The second-order valence-electron chi connectivity index (χ2n) is 8.34. The molecule has 27 heavy (non-hydrogen) atoms. The number of allylic oxidation sites excluding steroid dienone is 1. The number of urea groups is 1. The Hall–Kier alpha value is -1.30. The van der Waals surface area contributed by atoms with Gasteiger partial charge in [0.15, 0.2) is 5.11 Å². The zero-order valence-corrected chi connectivity index (χ0v) is 17.4. The van der Waals surface area contributed by atoms with Crippen molar-refractivity contribution in [2.75, 3.05) is 32.7 Å². The molecule has 1 saturated heterocycles. The van der Waals surface area contributed by atoms with Crippen molar-refractivity contribution in [1.29, 1.82) is 0 Å². The van der Waals surface area contributed by atoms with Crippen LogP contribution in [0.3, 0.4) is 0 Å². The molecule has 0 bridgehead atoms. The maximum absolute atomic E-state index is 12.4. The van der Waals surface area contributed by atoms with Gasteiger partial charge in [0.2, 0.25) is 0 Å². The van der Waals surface area contributed by atoms with Gasteiger partial charge >= 0.3 is 6.03 Å². The summed E-state index contributed by atoms with van der Waals surface area (Å²) in [5.41, 5.74) is 1.48. The van der Waals surface area contributed by atoms with E-state index in [4.69, 9.17) is 12.2 Å². The predicted molar refractivity (Wildman–Crippen MR) is 115 cm³/mol. The van der Waals surface area contributed by atoms with Crippen LogP contribution >= 0.6 is 12.2 Å². The molecule has 3 N–H and O–H groups in total. The zero-order valence-electron chi connectivity index (χ0n) is 16.6. The summed E-state index contributed by atoms with van der Waals surface area (Å²) >= 11 is 5.36. The maximum Gasteiger partial charge on any atom is 0.317 e. The number of amides is 2. The third-order valence-corrected chi connectivity index (χ3v) is 6.58. The summed E-state index contributed by atoms with van der Waals surface area (Å²) in [5, 5.41) is 10.4. The molecule has 0 aromatic heterocycles. The second kappa shape index (κ2) is 10.9. The van der Waals surface area contributed by atoms with E-state index < -0.39 is 0 Å². The van der Waals surface area contributed by atoms with Crippen molar-refractivity contribution in [3.63, 3.8) is 0 Å². The highest BCUT2D eigenvalue weighted by atomic mass is 32.1. The lowest BCUT2D eigenvalue weighted by Gasteiger charge is -2.36. The monoisotopic (exact) mass is 392 g/mol. The van der Waals surface area contributed by atoms with Crippen molar-refractivity contribution in [1.82, 2.24) is 20.9 Å². The molecular formula is C21H36N4OS. The SMILES string of the molecule is O=C(NCCCNC(=S)NCC1CCCCC1)N1CCC2CCCC=C2C1. The van der Waals surface area contributed by atoms with Gasteiger partial charge in [-0.15, -0.1) is 0 Å². The highest BCUT2D eigenvalue weighted by Crippen LogP contribution is 2.31. The van der Waals surface area contributed by atoms with Gasteiger partial charge in [-0.3, -0.25) is 0 Å². The van der Waals surface area contributed by atoms with E-state index in [0.29, 0.717) is 6.54 Å². The number of rotatable bonds is 6. The lowest BCUT2D eigenvalue weighted by atomic mass is 9.82. The molecule has 2 aliphatic carbocycles. The average molecular weight is 393 g/mol. The fourth-order valence-corrected chi connectivity index (χ4v) is 4.79. The smallest absolute Gasteiger partial charge is 0.317 e. The Morgan fingerprint density at radius 1 is 1.04 bits per heavy atom. The molecule has 0 aromatic carbocycles. The highest BCUT2D eigenvalue weighted by Gasteiger charge is 2.27. The van der Waals surface area contributed by atoms with Gasteiger partial charge in [-0.25, -0.2) is 4.79 Å². The number of carbonyl (C=O) groups is 1. The van der Waals surface area contributed by atoms with E-state index in [1.54, 1.807) is 0 Å². The van der Waals surface area contributed by atoms with Gasteiger partial charge in [-0.05, 0) is 69.0 Å². The van der Waals surface area contributed by atoms with E-state index in [1.807, 2.05) is 4.90 Å². The second-order valence-corrected chi connectivity index (χ2v) is 8.75. The summed E-state index contributed by atoms with van der Waals surface area (Å²) in [6, 6.07) is 0.0814. The van der Waals surface area contributed by atoms with Crippen LogP contribution in [-0.4, -0.2) is 48.8 Å². The first-order chi connectivity index (χ1) is 13.2. The van der Waals surface area contributed by atoms with E-state index in [0.717, 1.165) is 56.0 Å². The van der Waals surface area contributed by atoms with E-state index in [1.165, 1.54) is 56.9 Å². The van der Waals surface area contributed by atoms with Crippen molar-refractivity contribution < 1.29 is 4.79 Å². The van der Waals surface area contributed by atoms with Crippen LogP contribution < -0.4 is 16.0 Å². The quantitative estimate of drug-likeness (QED) is 0.367. The predicted octanol–water partition coefficient (Wildman–Crippen LogP) is 3.56. The summed E-state index contributed by atoms with van der Waals surface area (Å²) in [4.78, 5) is 14.3. The van der Waals surface area contributed by atoms with Crippen LogP contribution in [-0.2, 0) is 0 Å². The van der Waals surface area contributed by atoms with E-state index in [2.05, 4.69) is 22.0 Å². The first-order valence-electron chi connectivity index (χ1n) is 11.0. The van der Waals surface area contributed by atoms with E-state index in [-0.39, 0.29) is 6.03 Å². The summed E-state index contributed by atoms with van der Waals surface area (Å²) in [6.45, 7) is 4.19. The Bertz CT molecular complexity index is 530. The summed E-state index contributed by atoms with van der Waals surface area (Å²) in [6.07, 6.45) is 14.9. The largest absolute Gasteiger partial charge is 0.363 e. The van der Waals surface area contributed by atoms with Crippen molar-refractivity contribution in [2.24, 2.45) is 11.8 Å². The van der Waals surface area contributed by atoms with E-state index >= 15 is 0 Å². The van der Waals surface area contributed by atoms with Gasteiger partial charge in [-0.1, -0.05) is 30.9 Å². The number of piperidine rings is 1. The van der Waals surface area contributed by atoms with Gasteiger partial charge in [-0.2, -0.15) is 0 Å². The Kier molecular flexibility index (Phi) is 8.24. The van der Waals surface area contributed by atoms with E-state index in [9.17, 15) is 4.79 Å². The molecule has 0 radical (unpaired) electrons. The van der Waals surface area contributed by atoms with Crippen molar-refractivity contribution in [3.05, 3.63) is 11.6 Å². The molecule has 5 nitrogen and oxygen atoms in total. The molecule has 3 aliphatic rings. The minimum Gasteiger partial charge on any atom is -0.363 e. The van der Waals surface area contributed by atoms with Crippen LogP contribution in [0.15, 0.2) is 11.6 Å². The topological polar surface area (TPSA) is 56.4 Å². The zero-order chi connectivity index (χ0) is 18.9. The molecule has 1 heterocycles. The fourth-order valence-electron chi connectivity index (χ4n) is 4.60. The molecule has 1 saturated carbocycles. The number of fused-ring (bicyclic) bond motifs is 1. The number of thiocarbonyl (C=S) groups is 1. The first kappa shape index (κ1) is 20.4. The molecule has 0 aromatic rings. The summed E-state index contributed by atoms with van der Waals surface area (Å²) < 4.78 is 0. The van der Waals surface area contributed by atoms with Crippen molar-refractivity contribution in [2.45, 2.75) is 64.2 Å². The minimum absolute atomic E-state index is 0.0814. The molecule has 0 spiro atoms. The molecule has 1 atom stereocenters. The van der Waals surface area contributed by atoms with Crippen molar-refractivity contribution >= 4 is 23.4 Å². The van der Waals surface area contributed by atoms with Crippen LogP contribution in [0, 0.1) is 11.8 Å². The molecule has 1 aliphatic heterocycles.